The van der Waals surface area contributed by atoms with Crippen LogP contribution in [0.2, 0.25) is 0 Å². The van der Waals surface area contributed by atoms with Gasteiger partial charge in [0, 0.05) is 12.0 Å². The normalized spacial score (nSPS) is 12.8. The first kappa shape index (κ1) is 14.0. The van der Waals surface area contributed by atoms with E-state index in [2.05, 4.69) is 35.2 Å². The van der Waals surface area contributed by atoms with Crippen LogP contribution in [-0.2, 0) is 11.2 Å². The molecule has 0 aliphatic heterocycles. The van der Waals surface area contributed by atoms with Crippen LogP contribution in [-0.4, -0.2) is 29.7 Å². The zero-order chi connectivity index (χ0) is 13.8. The van der Waals surface area contributed by atoms with Crippen molar-refractivity contribution in [3.05, 3.63) is 10.9 Å². The summed E-state index contributed by atoms with van der Waals surface area (Å²) < 4.78 is 5.20. The largest absolute Gasteiger partial charge is 0.383 e. The monoisotopic (exact) mass is 280 g/mol. The Morgan fingerprint density at radius 1 is 1.42 bits per heavy atom. The molecular weight excluding hydrogens is 260 g/mol. The Bertz CT molecular complexity index is 555. The number of ether oxygens (including phenoxy) is 1. The highest BCUT2D eigenvalue weighted by atomic mass is 32.1. The lowest BCUT2D eigenvalue weighted by Gasteiger charge is -2.17. The van der Waals surface area contributed by atoms with Gasteiger partial charge in [-0.3, -0.25) is 0 Å². The summed E-state index contributed by atoms with van der Waals surface area (Å²) in [5.74, 6) is 1.12. The van der Waals surface area contributed by atoms with Crippen molar-refractivity contribution in [1.82, 2.24) is 9.97 Å². The minimum atomic E-state index is 0.229. The van der Waals surface area contributed by atoms with Gasteiger partial charge < -0.3 is 15.8 Å². The van der Waals surface area contributed by atoms with Gasteiger partial charge in [-0.25, -0.2) is 4.98 Å². The van der Waals surface area contributed by atoms with Crippen LogP contribution in [0.1, 0.15) is 25.1 Å². The summed E-state index contributed by atoms with van der Waals surface area (Å²) in [7, 11) is 1.70. The lowest BCUT2D eigenvalue weighted by Crippen LogP contribution is -2.24. The van der Waals surface area contributed by atoms with Crippen LogP contribution in [0.4, 0.5) is 11.8 Å². The third-order valence-electron chi connectivity index (χ3n) is 3.01. The average molecular weight is 280 g/mol. The molecule has 0 spiro atoms. The Kier molecular flexibility index (Phi) is 4.55. The van der Waals surface area contributed by atoms with E-state index in [1.165, 1.54) is 4.88 Å². The van der Waals surface area contributed by atoms with Crippen LogP contribution in [0.25, 0.3) is 10.2 Å². The van der Waals surface area contributed by atoms with Crippen molar-refractivity contribution in [3.63, 3.8) is 0 Å². The Labute approximate surface area is 117 Å². The fourth-order valence-electron chi connectivity index (χ4n) is 1.93. The maximum atomic E-state index is 5.78. The van der Waals surface area contributed by atoms with Crippen LogP contribution >= 0.6 is 11.3 Å². The summed E-state index contributed by atoms with van der Waals surface area (Å²) in [4.78, 5) is 10.9. The number of nitrogens with one attached hydrogen (secondary N) is 1. The number of thiophene rings is 1. The molecule has 1 unspecified atom stereocenters. The van der Waals surface area contributed by atoms with E-state index in [4.69, 9.17) is 10.5 Å². The minimum Gasteiger partial charge on any atom is -0.383 e. The summed E-state index contributed by atoms with van der Waals surface area (Å²) in [6.45, 7) is 4.89. The molecule has 2 heterocycles. The van der Waals surface area contributed by atoms with Gasteiger partial charge in [0.2, 0.25) is 5.95 Å². The third-order valence-corrected chi connectivity index (χ3v) is 4.18. The number of hydrogen-bond donors (Lipinski definition) is 2. The number of nitrogen functional groups attached to an aromatic ring is 1. The molecule has 2 aromatic heterocycles. The lowest BCUT2D eigenvalue weighted by atomic mass is 10.2. The van der Waals surface area contributed by atoms with Gasteiger partial charge in [0.1, 0.15) is 10.6 Å². The second-order valence-corrected chi connectivity index (χ2v) is 5.54. The number of hydrogen-bond acceptors (Lipinski definition) is 6. The molecule has 0 bridgehead atoms. The molecule has 0 saturated heterocycles. The van der Waals surface area contributed by atoms with Gasteiger partial charge in [-0.2, -0.15) is 4.98 Å². The minimum absolute atomic E-state index is 0.229. The molecule has 0 aromatic carbocycles. The molecule has 2 rings (SSSR count). The van der Waals surface area contributed by atoms with Crippen LogP contribution in [0.5, 0.6) is 0 Å². The second kappa shape index (κ2) is 6.16. The smallest absolute Gasteiger partial charge is 0.223 e. The number of nitrogens with zero attached hydrogens (tertiary/aromatic N) is 2. The predicted octanol–water partition coefficient (Wildman–Crippen LogP) is 2.67. The average Bonchev–Trinajstić information content (AvgIpc) is 2.81. The standard InChI is InChI=1S/C13H20N4OS/c1-4-8(7-18-3)15-11-10-6-9(5-2)19-12(10)17-13(14)16-11/h6,8H,4-5,7H2,1-3H3,(H3,14,15,16,17). The molecular formula is C13H20N4OS. The van der Waals surface area contributed by atoms with E-state index < -0.39 is 0 Å². The number of rotatable bonds is 6. The molecule has 1 atom stereocenters. The molecule has 5 nitrogen and oxygen atoms in total. The molecule has 0 aliphatic rings. The van der Waals surface area contributed by atoms with Crippen molar-refractivity contribution in [2.75, 3.05) is 24.8 Å². The Morgan fingerprint density at radius 3 is 2.84 bits per heavy atom. The van der Waals surface area contributed by atoms with Crippen molar-refractivity contribution in [1.29, 1.82) is 0 Å². The first-order valence-electron chi connectivity index (χ1n) is 6.49. The van der Waals surface area contributed by atoms with Crippen molar-refractivity contribution < 1.29 is 4.74 Å². The predicted molar refractivity (Wildman–Crippen MR) is 80.8 cm³/mol. The van der Waals surface area contributed by atoms with Crippen LogP contribution < -0.4 is 11.1 Å². The van der Waals surface area contributed by atoms with Crippen molar-refractivity contribution in [2.45, 2.75) is 32.7 Å². The van der Waals surface area contributed by atoms with Crippen LogP contribution in [0.15, 0.2) is 6.07 Å². The van der Waals surface area contributed by atoms with E-state index in [0.29, 0.717) is 12.6 Å². The van der Waals surface area contributed by atoms with E-state index >= 15 is 0 Å². The third kappa shape index (κ3) is 3.13. The highest BCUT2D eigenvalue weighted by molar-refractivity contribution is 7.18. The Morgan fingerprint density at radius 2 is 2.21 bits per heavy atom. The van der Waals surface area contributed by atoms with E-state index in [1.807, 2.05) is 0 Å². The summed E-state index contributed by atoms with van der Waals surface area (Å²) in [6.07, 6.45) is 1.96. The highest BCUT2D eigenvalue weighted by Crippen LogP contribution is 2.30. The maximum absolute atomic E-state index is 5.78. The molecule has 3 N–H and O–H groups in total. The number of aryl methyl sites for hydroxylation is 1. The first-order chi connectivity index (χ1) is 9.17. The van der Waals surface area contributed by atoms with Crippen LogP contribution in [0, 0.1) is 0 Å². The quantitative estimate of drug-likeness (QED) is 0.851. The lowest BCUT2D eigenvalue weighted by molar-refractivity contribution is 0.184. The Balaban J connectivity index is 2.37. The molecule has 0 saturated carbocycles. The van der Waals surface area contributed by atoms with E-state index in [-0.39, 0.29) is 6.04 Å². The molecule has 19 heavy (non-hydrogen) atoms. The van der Waals surface area contributed by atoms with Gasteiger partial charge in [-0.1, -0.05) is 13.8 Å². The van der Waals surface area contributed by atoms with E-state index in [1.54, 1.807) is 18.4 Å². The summed E-state index contributed by atoms with van der Waals surface area (Å²) >= 11 is 1.67. The fourth-order valence-corrected chi connectivity index (χ4v) is 2.90. The number of aromatic nitrogens is 2. The summed E-state index contributed by atoms with van der Waals surface area (Å²) in [5, 5.41) is 4.45. The van der Waals surface area contributed by atoms with Gasteiger partial charge in [0.05, 0.1) is 18.0 Å². The highest BCUT2D eigenvalue weighted by Gasteiger charge is 2.13. The van der Waals surface area contributed by atoms with Crippen LogP contribution in [0.3, 0.4) is 0 Å². The maximum Gasteiger partial charge on any atom is 0.223 e. The van der Waals surface area contributed by atoms with Gasteiger partial charge in [-0.05, 0) is 18.9 Å². The molecule has 104 valence electrons. The summed E-state index contributed by atoms with van der Waals surface area (Å²) in [6, 6.07) is 2.37. The van der Waals surface area contributed by atoms with Gasteiger partial charge >= 0.3 is 0 Å². The van der Waals surface area contributed by atoms with E-state index in [0.717, 1.165) is 28.9 Å². The number of nitrogens with two attached hydrogens (primary N) is 1. The SMILES string of the molecule is CCc1cc2c(NC(CC)COC)nc(N)nc2s1. The number of anilines is 2. The van der Waals surface area contributed by atoms with Crippen molar-refractivity contribution in [2.24, 2.45) is 0 Å². The number of methoxy groups -OCH3 is 1. The molecule has 0 amide bonds. The molecule has 0 radical (unpaired) electrons. The first-order valence-corrected chi connectivity index (χ1v) is 7.31. The zero-order valence-corrected chi connectivity index (χ0v) is 12.4. The van der Waals surface area contributed by atoms with Crippen molar-refractivity contribution in [3.8, 4) is 0 Å². The molecule has 2 aromatic rings. The second-order valence-electron chi connectivity index (χ2n) is 4.42. The zero-order valence-electron chi connectivity index (χ0n) is 11.6. The molecule has 0 aliphatic carbocycles. The number of fused-ring (bicyclic) bond motifs is 1. The van der Waals surface area contributed by atoms with Gasteiger partial charge in [-0.15, -0.1) is 11.3 Å². The van der Waals surface area contributed by atoms with Gasteiger partial charge in [0.25, 0.3) is 0 Å². The van der Waals surface area contributed by atoms with Crippen molar-refractivity contribution >= 4 is 33.3 Å². The molecule has 0 fully saturated rings. The van der Waals surface area contributed by atoms with Gasteiger partial charge in [0.15, 0.2) is 0 Å². The summed E-state index contributed by atoms with van der Waals surface area (Å²) in [5.41, 5.74) is 5.78. The fraction of sp³-hybridized carbons (Fsp3) is 0.538. The Hall–Kier alpha value is -1.40. The van der Waals surface area contributed by atoms with E-state index in [9.17, 15) is 0 Å². The topological polar surface area (TPSA) is 73.1 Å². The molecule has 6 heteroatoms.